The minimum atomic E-state index is -0.453. The number of hydrogen-bond donors (Lipinski definition) is 2. The van der Waals surface area contributed by atoms with Crippen LogP contribution in [0.1, 0.15) is 12.0 Å². The normalized spacial score (nSPS) is 16.0. The van der Waals surface area contributed by atoms with Crippen molar-refractivity contribution in [2.45, 2.75) is 13.0 Å². The summed E-state index contributed by atoms with van der Waals surface area (Å²) in [5, 5.41) is 6.03. The summed E-state index contributed by atoms with van der Waals surface area (Å²) in [4.78, 5) is 39.1. The third-order valence-corrected chi connectivity index (χ3v) is 6.40. The summed E-state index contributed by atoms with van der Waals surface area (Å²) >= 11 is 6.05. The smallest absolute Gasteiger partial charge is 0.262 e. The summed E-state index contributed by atoms with van der Waals surface area (Å²) in [6.07, 6.45) is 0.132. The molecule has 1 atom stereocenters. The summed E-state index contributed by atoms with van der Waals surface area (Å²) in [6, 6.07) is 19.3. The van der Waals surface area contributed by atoms with Crippen LogP contribution in [0.25, 0.3) is 0 Å². The van der Waals surface area contributed by atoms with Gasteiger partial charge in [0.15, 0.2) is 18.1 Å². The molecular weight excluding hydrogens is 498 g/mol. The first-order chi connectivity index (χ1) is 18.0. The highest BCUT2D eigenvalue weighted by molar-refractivity contribution is 6.33. The molecule has 0 saturated carbocycles. The average Bonchev–Trinajstić information content (AvgIpc) is 3.54. The van der Waals surface area contributed by atoms with Crippen LogP contribution in [0.2, 0.25) is 5.02 Å². The third kappa shape index (κ3) is 5.78. The largest absolute Gasteiger partial charge is 0.484 e. The molecule has 3 aromatic rings. The van der Waals surface area contributed by atoms with Crippen LogP contribution in [0, 0.1) is 5.92 Å². The molecule has 2 aliphatic heterocycles. The van der Waals surface area contributed by atoms with Crippen LogP contribution >= 0.6 is 11.6 Å². The molecule has 190 valence electrons. The number of nitrogens with zero attached hydrogens (tertiary/aromatic N) is 1. The van der Waals surface area contributed by atoms with Crippen molar-refractivity contribution in [3.8, 4) is 17.2 Å². The van der Waals surface area contributed by atoms with Gasteiger partial charge in [-0.25, -0.2) is 0 Å². The molecule has 5 rings (SSSR count). The number of para-hydroxylation sites is 1. The van der Waals surface area contributed by atoms with E-state index in [0.29, 0.717) is 40.2 Å². The van der Waals surface area contributed by atoms with Crippen molar-refractivity contribution in [2.24, 2.45) is 5.92 Å². The number of fused-ring (bicyclic) bond motifs is 1. The first-order valence-corrected chi connectivity index (χ1v) is 12.1. The maximum Gasteiger partial charge on any atom is 0.262 e. The summed E-state index contributed by atoms with van der Waals surface area (Å²) in [5.74, 6) is 0.704. The average molecular weight is 522 g/mol. The van der Waals surface area contributed by atoms with Gasteiger partial charge in [0.25, 0.3) is 5.91 Å². The molecule has 10 heteroatoms. The van der Waals surface area contributed by atoms with E-state index < -0.39 is 5.92 Å². The van der Waals surface area contributed by atoms with E-state index in [1.165, 1.54) is 0 Å². The van der Waals surface area contributed by atoms with Gasteiger partial charge in [0, 0.05) is 25.2 Å². The van der Waals surface area contributed by atoms with Crippen LogP contribution in [0.5, 0.6) is 17.2 Å². The molecule has 0 unspecified atom stereocenters. The van der Waals surface area contributed by atoms with Crippen molar-refractivity contribution in [3.05, 3.63) is 77.3 Å². The van der Waals surface area contributed by atoms with Gasteiger partial charge in [0.1, 0.15) is 5.75 Å². The summed E-state index contributed by atoms with van der Waals surface area (Å²) in [6.45, 7) is 0.610. The van der Waals surface area contributed by atoms with E-state index in [-0.39, 0.29) is 44.1 Å². The van der Waals surface area contributed by atoms with Crippen molar-refractivity contribution in [3.63, 3.8) is 0 Å². The van der Waals surface area contributed by atoms with Gasteiger partial charge in [0.05, 0.1) is 16.6 Å². The Morgan fingerprint density at radius 2 is 1.81 bits per heavy atom. The summed E-state index contributed by atoms with van der Waals surface area (Å²) in [7, 11) is 0. The number of hydrogen-bond acceptors (Lipinski definition) is 6. The fraction of sp³-hybridized carbons (Fsp3) is 0.222. The minimum Gasteiger partial charge on any atom is -0.484 e. The molecule has 0 spiro atoms. The number of halogens is 1. The zero-order chi connectivity index (χ0) is 25.8. The molecule has 2 heterocycles. The zero-order valence-electron chi connectivity index (χ0n) is 19.7. The number of rotatable bonds is 8. The van der Waals surface area contributed by atoms with Crippen molar-refractivity contribution < 1.29 is 28.6 Å². The van der Waals surface area contributed by atoms with Crippen LogP contribution in [-0.2, 0) is 20.9 Å². The van der Waals surface area contributed by atoms with Crippen LogP contribution in [0.3, 0.4) is 0 Å². The van der Waals surface area contributed by atoms with Crippen molar-refractivity contribution in [2.75, 3.05) is 30.2 Å². The Bertz CT molecular complexity index is 1330. The summed E-state index contributed by atoms with van der Waals surface area (Å²) in [5.41, 5.74) is 2.05. The van der Waals surface area contributed by atoms with Gasteiger partial charge >= 0.3 is 0 Å². The first-order valence-electron chi connectivity index (χ1n) is 11.7. The lowest BCUT2D eigenvalue weighted by atomic mass is 10.1. The van der Waals surface area contributed by atoms with Gasteiger partial charge in [-0.15, -0.1) is 0 Å². The Balaban J connectivity index is 1.11. The van der Waals surface area contributed by atoms with E-state index in [2.05, 4.69) is 10.6 Å². The molecule has 0 aromatic heterocycles. The molecule has 0 radical (unpaired) electrons. The monoisotopic (exact) mass is 521 g/mol. The van der Waals surface area contributed by atoms with Gasteiger partial charge in [-0.2, -0.15) is 0 Å². The van der Waals surface area contributed by atoms with Crippen molar-refractivity contribution in [1.29, 1.82) is 0 Å². The quantitative estimate of drug-likeness (QED) is 0.467. The Hall–Kier alpha value is -4.24. The van der Waals surface area contributed by atoms with Gasteiger partial charge in [0.2, 0.25) is 18.6 Å². The van der Waals surface area contributed by atoms with Crippen LogP contribution in [-0.4, -0.2) is 37.7 Å². The first kappa shape index (κ1) is 24.5. The van der Waals surface area contributed by atoms with Gasteiger partial charge in [-0.05, 0) is 54.1 Å². The zero-order valence-corrected chi connectivity index (χ0v) is 20.5. The highest BCUT2D eigenvalue weighted by Crippen LogP contribution is 2.32. The molecule has 1 saturated heterocycles. The third-order valence-electron chi connectivity index (χ3n) is 6.07. The molecule has 0 bridgehead atoms. The maximum absolute atomic E-state index is 12.7. The van der Waals surface area contributed by atoms with E-state index in [0.717, 1.165) is 5.56 Å². The molecule has 0 aliphatic carbocycles. The van der Waals surface area contributed by atoms with Crippen LogP contribution in [0.4, 0.5) is 11.4 Å². The van der Waals surface area contributed by atoms with Crippen LogP contribution in [0.15, 0.2) is 66.7 Å². The number of benzene rings is 3. The predicted octanol–water partition coefficient (Wildman–Crippen LogP) is 3.76. The van der Waals surface area contributed by atoms with Gasteiger partial charge < -0.3 is 29.7 Å². The maximum atomic E-state index is 12.7. The van der Waals surface area contributed by atoms with Crippen LogP contribution < -0.4 is 29.7 Å². The lowest BCUT2D eigenvalue weighted by molar-refractivity contribution is -0.126. The predicted molar refractivity (Wildman–Crippen MR) is 137 cm³/mol. The van der Waals surface area contributed by atoms with E-state index in [1.807, 2.05) is 18.2 Å². The molecular formula is C27H24ClN3O6. The lowest BCUT2D eigenvalue weighted by Crippen LogP contribution is -2.32. The molecule has 3 aromatic carbocycles. The number of ether oxygens (including phenoxy) is 3. The topological polar surface area (TPSA) is 106 Å². The van der Waals surface area contributed by atoms with Gasteiger partial charge in [-0.3, -0.25) is 14.4 Å². The Morgan fingerprint density at radius 1 is 1.03 bits per heavy atom. The number of amides is 3. The molecule has 3 amide bonds. The summed E-state index contributed by atoms with van der Waals surface area (Å²) < 4.78 is 16.2. The Morgan fingerprint density at radius 3 is 2.62 bits per heavy atom. The highest BCUT2D eigenvalue weighted by atomic mass is 35.5. The molecule has 1 fully saturated rings. The minimum absolute atomic E-state index is 0.129. The van der Waals surface area contributed by atoms with E-state index in [4.69, 9.17) is 25.8 Å². The Labute approximate surface area is 218 Å². The Kier molecular flexibility index (Phi) is 7.14. The number of anilines is 2. The second-order valence-electron chi connectivity index (χ2n) is 8.62. The number of carbonyl (C=O) groups is 3. The van der Waals surface area contributed by atoms with E-state index in [1.54, 1.807) is 53.4 Å². The standard InChI is InChI=1S/C27H24ClN3O6/c28-21-3-1-2-4-22(21)30-25(32)15-35-20-8-6-19(7-9-20)31-14-18(12-26(31)33)27(34)29-13-17-5-10-23-24(11-17)37-16-36-23/h1-11,18H,12-16H2,(H,29,34)(H,30,32)/t18-/m1/s1. The van der Waals surface area contributed by atoms with Crippen molar-refractivity contribution in [1.82, 2.24) is 5.32 Å². The van der Waals surface area contributed by atoms with Gasteiger partial charge in [-0.1, -0.05) is 29.8 Å². The van der Waals surface area contributed by atoms with E-state index in [9.17, 15) is 14.4 Å². The molecule has 9 nitrogen and oxygen atoms in total. The molecule has 2 aliphatic rings. The highest BCUT2D eigenvalue weighted by Gasteiger charge is 2.35. The van der Waals surface area contributed by atoms with Crippen molar-refractivity contribution >= 4 is 40.7 Å². The molecule has 2 N–H and O–H groups in total. The second-order valence-corrected chi connectivity index (χ2v) is 9.03. The SMILES string of the molecule is O=C(COc1ccc(N2C[C@H](C(=O)NCc3ccc4c(c3)OCO4)CC2=O)cc1)Nc1ccccc1Cl. The second kappa shape index (κ2) is 10.8. The number of carbonyl (C=O) groups excluding carboxylic acids is 3. The lowest BCUT2D eigenvalue weighted by Gasteiger charge is -2.17. The number of nitrogens with one attached hydrogen (secondary N) is 2. The molecule has 37 heavy (non-hydrogen) atoms. The fourth-order valence-corrected chi connectivity index (χ4v) is 4.32. The van der Waals surface area contributed by atoms with E-state index >= 15 is 0 Å². The fourth-order valence-electron chi connectivity index (χ4n) is 4.14.